The number of carbonyl (C=O) groups is 1. The van der Waals surface area contributed by atoms with E-state index in [0.29, 0.717) is 12.8 Å². The summed E-state index contributed by atoms with van der Waals surface area (Å²) in [5.74, 6) is -0.749. The van der Waals surface area contributed by atoms with Gasteiger partial charge in [-0.1, -0.05) is 0 Å². The second-order valence-corrected chi connectivity index (χ2v) is 2.30. The lowest BCUT2D eigenvalue weighted by molar-refractivity contribution is -0.153. The van der Waals surface area contributed by atoms with E-state index in [9.17, 15) is 4.79 Å². The molecule has 1 fully saturated rings. The number of hydrogen-bond donors (Lipinski definition) is 2. The first kappa shape index (κ1) is 7.50. The van der Waals surface area contributed by atoms with Crippen LogP contribution in [0, 0.1) is 0 Å². The van der Waals surface area contributed by atoms with Crippen LogP contribution in [0.25, 0.3) is 0 Å². The maximum atomic E-state index is 10.7. The second-order valence-electron chi connectivity index (χ2n) is 2.30. The number of rotatable bonds is 2. The average Bonchev–Trinajstić information content (AvgIpc) is 2.33. The van der Waals surface area contributed by atoms with Crippen molar-refractivity contribution in [1.29, 1.82) is 0 Å². The van der Waals surface area contributed by atoms with Crippen molar-refractivity contribution in [1.82, 2.24) is 10.6 Å². The molecule has 4 heteroatoms. The van der Waals surface area contributed by atoms with E-state index in [1.165, 1.54) is 0 Å². The van der Waals surface area contributed by atoms with E-state index in [4.69, 9.17) is 4.74 Å². The fourth-order valence-electron chi connectivity index (χ4n) is 1.05. The van der Waals surface area contributed by atoms with Gasteiger partial charge in [0.2, 0.25) is 5.85 Å². The lowest BCUT2D eigenvalue weighted by Crippen LogP contribution is -2.53. The molecule has 10 heavy (non-hydrogen) atoms. The van der Waals surface area contributed by atoms with Gasteiger partial charge in [0.1, 0.15) is 0 Å². The fraction of sp³-hybridized carbons (Fsp3) is 0.833. The summed E-state index contributed by atoms with van der Waals surface area (Å²) in [5, 5.41) is 5.81. The highest BCUT2D eigenvalue weighted by atomic mass is 16.6. The smallest absolute Gasteiger partial charge is 0.308 e. The molecule has 0 aromatic carbocycles. The van der Waals surface area contributed by atoms with Gasteiger partial charge in [0.05, 0.1) is 6.42 Å². The van der Waals surface area contributed by atoms with Crippen molar-refractivity contribution in [3.8, 4) is 0 Å². The minimum absolute atomic E-state index is 0.149. The summed E-state index contributed by atoms with van der Waals surface area (Å²) in [4.78, 5) is 10.7. The Hall–Kier alpha value is -0.610. The third-order valence-corrected chi connectivity index (χ3v) is 1.78. The van der Waals surface area contributed by atoms with E-state index in [2.05, 4.69) is 10.6 Å². The lowest BCUT2D eigenvalue weighted by atomic mass is 10.2. The van der Waals surface area contributed by atoms with Crippen molar-refractivity contribution >= 4 is 5.97 Å². The minimum Gasteiger partial charge on any atom is -0.430 e. The van der Waals surface area contributed by atoms with Gasteiger partial charge in [-0.25, -0.2) is 0 Å². The van der Waals surface area contributed by atoms with Crippen molar-refractivity contribution in [2.45, 2.75) is 18.7 Å². The van der Waals surface area contributed by atoms with E-state index in [1.807, 2.05) is 0 Å². The fourth-order valence-corrected chi connectivity index (χ4v) is 1.05. The van der Waals surface area contributed by atoms with Crippen LogP contribution < -0.4 is 10.6 Å². The Morgan fingerprint density at radius 2 is 2.10 bits per heavy atom. The number of ether oxygens (including phenoxy) is 1. The Morgan fingerprint density at radius 1 is 1.50 bits per heavy atom. The second kappa shape index (κ2) is 2.56. The molecule has 4 nitrogen and oxygen atoms in total. The third kappa shape index (κ3) is 1.12. The summed E-state index contributed by atoms with van der Waals surface area (Å²) >= 11 is 0. The predicted octanol–water partition coefficient (Wildman–Crippen LogP) is -0.584. The predicted molar refractivity (Wildman–Crippen MR) is 36.2 cm³/mol. The van der Waals surface area contributed by atoms with Crippen LogP contribution in [0.1, 0.15) is 12.8 Å². The topological polar surface area (TPSA) is 50.4 Å². The van der Waals surface area contributed by atoms with Crippen LogP contribution in [0.2, 0.25) is 0 Å². The Labute approximate surface area is 59.9 Å². The van der Waals surface area contributed by atoms with Crippen molar-refractivity contribution < 1.29 is 9.53 Å². The van der Waals surface area contributed by atoms with Crippen molar-refractivity contribution in [3.05, 3.63) is 0 Å². The number of cyclic esters (lactones) is 1. The maximum Gasteiger partial charge on any atom is 0.308 e. The molecule has 0 aromatic heterocycles. The quantitative estimate of drug-likeness (QED) is 0.402. The zero-order valence-electron chi connectivity index (χ0n) is 6.23. The van der Waals surface area contributed by atoms with Crippen molar-refractivity contribution in [2.75, 3.05) is 14.1 Å². The van der Waals surface area contributed by atoms with Gasteiger partial charge in [-0.2, -0.15) is 0 Å². The molecule has 0 amide bonds. The molecule has 1 saturated heterocycles. The van der Waals surface area contributed by atoms with Gasteiger partial charge in [-0.05, 0) is 14.1 Å². The van der Waals surface area contributed by atoms with Gasteiger partial charge in [0.25, 0.3) is 0 Å². The molecular formula is C6H12N2O2. The Balaban J connectivity index is 2.59. The molecule has 0 aliphatic carbocycles. The zero-order chi connectivity index (χ0) is 7.61. The molecule has 1 aliphatic heterocycles. The van der Waals surface area contributed by atoms with Crippen LogP contribution in [0.15, 0.2) is 0 Å². The molecule has 0 unspecified atom stereocenters. The summed E-state index contributed by atoms with van der Waals surface area (Å²) in [7, 11) is 3.52. The van der Waals surface area contributed by atoms with Gasteiger partial charge in [0, 0.05) is 6.42 Å². The largest absolute Gasteiger partial charge is 0.430 e. The molecule has 0 bridgehead atoms. The molecule has 1 rings (SSSR count). The van der Waals surface area contributed by atoms with E-state index >= 15 is 0 Å². The molecule has 0 spiro atoms. The first-order valence-corrected chi connectivity index (χ1v) is 3.32. The van der Waals surface area contributed by atoms with Crippen LogP contribution in [-0.4, -0.2) is 25.9 Å². The molecule has 1 aliphatic rings. The van der Waals surface area contributed by atoms with Gasteiger partial charge >= 0.3 is 5.97 Å². The summed E-state index contributed by atoms with van der Waals surface area (Å²) < 4.78 is 4.99. The average molecular weight is 144 g/mol. The number of nitrogens with one attached hydrogen (secondary N) is 2. The third-order valence-electron chi connectivity index (χ3n) is 1.78. The number of carbonyl (C=O) groups excluding carboxylic acids is 1. The molecule has 0 radical (unpaired) electrons. The first-order chi connectivity index (χ1) is 4.72. The molecule has 0 aromatic rings. The summed E-state index contributed by atoms with van der Waals surface area (Å²) in [6.45, 7) is 0. The van der Waals surface area contributed by atoms with Crippen LogP contribution in [0.4, 0.5) is 0 Å². The van der Waals surface area contributed by atoms with Crippen LogP contribution >= 0.6 is 0 Å². The highest BCUT2D eigenvalue weighted by Gasteiger charge is 2.37. The van der Waals surface area contributed by atoms with E-state index in [-0.39, 0.29) is 5.97 Å². The van der Waals surface area contributed by atoms with E-state index < -0.39 is 5.85 Å². The first-order valence-electron chi connectivity index (χ1n) is 3.32. The monoisotopic (exact) mass is 144 g/mol. The Morgan fingerprint density at radius 3 is 2.30 bits per heavy atom. The van der Waals surface area contributed by atoms with Gasteiger partial charge in [0.15, 0.2) is 0 Å². The maximum absolute atomic E-state index is 10.7. The van der Waals surface area contributed by atoms with Crippen LogP contribution in [-0.2, 0) is 9.53 Å². The zero-order valence-corrected chi connectivity index (χ0v) is 6.23. The van der Waals surface area contributed by atoms with Crippen molar-refractivity contribution in [3.63, 3.8) is 0 Å². The highest BCUT2D eigenvalue weighted by molar-refractivity contribution is 5.72. The highest BCUT2D eigenvalue weighted by Crippen LogP contribution is 2.19. The minimum atomic E-state index is -0.600. The number of hydrogen-bond acceptors (Lipinski definition) is 4. The molecular weight excluding hydrogens is 132 g/mol. The number of esters is 1. The normalized spacial score (nSPS) is 22.8. The van der Waals surface area contributed by atoms with E-state index in [0.717, 1.165) is 0 Å². The molecule has 0 atom stereocenters. The molecule has 2 N–H and O–H groups in total. The SMILES string of the molecule is CNC1(NC)CCC(=O)O1. The van der Waals surface area contributed by atoms with Gasteiger partial charge < -0.3 is 4.74 Å². The molecule has 0 saturated carbocycles. The Bertz CT molecular complexity index is 143. The van der Waals surface area contributed by atoms with E-state index in [1.54, 1.807) is 14.1 Å². The Kier molecular flexibility index (Phi) is 1.92. The molecule has 58 valence electrons. The van der Waals surface area contributed by atoms with Gasteiger partial charge in [-0.15, -0.1) is 0 Å². The van der Waals surface area contributed by atoms with Gasteiger partial charge in [-0.3, -0.25) is 15.4 Å². The lowest BCUT2D eigenvalue weighted by Gasteiger charge is -2.25. The standard InChI is InChI=1S/C6H12N2O2/c1-7-6(8-2)4-3-5(9)10-6/h7-8H,3-4H2,1-2H3. The summed E-state index contributed by atoms with van der Waals surface area (Å²) in [6, 6.07) is 0. The van der Waals surface area contributed by atoms with Crippen LogP contribution in [0.3, 0.4) is 0 Å². The molecule has 1 heterocycles. The van der Waals surface area contributed by atoms with Crippen molar-refractivity contribution in [2.24, 2.45) is 0 Å². The summed E-state index contributed by atoms with van der Waals surface area (Å²) in [5.41, 5.74) is 0. The summed E-state index contributed by atoms with van der Waals surface area (Å²) in [6.07, 6.45) is 1.18. The van der Waals surface area contributed by atoms with Crippen LogP contribution in [0.5, 0.6) is 0 Å².